The Morgan fingerprint density at radius 2 is 1.90 bits per heavy atom. The topological polar surface area (TPSA) is 55.1 Å². The van der Waals surface area contributed by atoms with Crippen LogP contribution in [-0.2, 0) is 6.54 Å². The molecule has 1 aliphatic carbocycles. The van der Waals surface area contributed by atoms with Crippen molar-refractivity contribution in [3.05, 3.63) is 69.8 Å². The first kappa shape index (κ1) is 19.3. The predicted octanol–water partition coefficient (Wildman–Crippen LogP) is 6.38. The molecule has 1 aliphatic rings. The standard InChI is InChI=1S/C23H20Cl2N4O/c1-13-21(14(2)30-28-13)16-6-9-20-19(11-16)22(27-23(25)26-20)29(18-7-8-18)12-15-4-3-5-17(24)10-15/h3-6,9-11,18H,7-8,12H2,1-2H3. The summed E-state index contributed by atoms with van der Waals surface area (Å²) >= 11 is 12.5. The van der Waals surface area contributed by atoms with Gasteiger partial charge in [0.2, 0.25) is 5.28 Å². The van der Waals surface area contributed by atoms with Gasteiger partial charge in [0.25, 0.3) is 0 Å². The van der Waals surface area contributed by atoms with Gasteiger partial charge in [0, 0.05) is 28.6 Å². The van der Waals surface area contributed by atoms with Gasteiger partial charge < -0.3 is 9.42 Å². The molecular weight excluding hydrogens is 419 g/mol. The molecular formula is C23H20Cl2N4O. The second-order valence-corrected chi connectivity index (χ2v) is 8.51. The fraction of sp³-hybridized carbons (Fsp3) is 0.261. The quantitative estimate of drug-likeness (QED) is 0.338. The summed E-state index contributed by atoms with van der Waals surface area (Å²) in [5, 5.41) is 6.04. The largest absolute Gasteiger partial charge is 0.361 e. The molecule has 30 heavy (non-hydrogen) atoms. The van der Waals surface area contributed by atoms with Crippen LogP contribution in [0.2, 0.25) is 10.3 Å². The summed E-state index contributed by atoms with van der Waals surface area (Å²) in [6.07, 6.45) is 2.26. The Labute approximate surface area is 184 Å². The molecule has 152 valence electrons. The number of anilines is 1. The molecule has 0 aliphatic heterocycles. The molecule has 1 saturated carbocycles. The highest BCUT2D eigenvalue weighted by Crippen LogP contribution is 2.38. The minimum absolute atomic E-state index is 0.249. The lowest BCUT2D eigenvalue weighted by molar-refractivity contribution is 0.393. The van der Waals surface area contributed by atoms with E-state index in [1.165, 1.54) is 0 Å². The van der Waals surface area contributed by atoms with E-state index in [-0.39, 0.29) is 5.28 Å². The van der Waals surface area contributed by atoms with Crippen molar-refractivity contribution in [2.45, 2.75) is 39.3 Å². The minimum Gasteiger partial charge on any atom is -0.361 e. The van der Waals surface area contributed by atoms with Crippen molar-refractivity contribution in [2.75, 3.05) is 4.90 Å². The molecule has 0 spiro atoms. The van der Waals surface area contributed by atoms with E-state index in [9.17, 15) is 0 Å². The summed E-state index contributed by atoms with van der Waals surface area (Å²) in [7, 11) is 0. The van der Waals surface area contributed by atoms with Crippen LogP contribution in [0.15, 0.2) is 47.0 Å². The summed E-state index contributed by atoms with van der Waals surface area (Å²) in [5.74, 6) is 1.64. The molecule has 0 saturated heterocycles. The van der Waals surface area contributed by atoms with Crippen LogP contribution in [0.4, 0.5) is 5.82 Å². The monoisotopic (exact) mass is 438 g/mol. The van der Waals surface area contributed by atoms with Crippen molar-refractivity contribution >= 4 is 39.9 Å². The van der Waals surface area contributed by atoms with Crippen molar-refractivity contribution < 1.29 is 4.52 Å². The van der Waals surface area contributed by atoms with E-state index in [0.717, 1.165) is 62.7 Å². The molecule has 2 aromatic heterocycles. The SMILES string of the molecule is Cc1noc(C)c1-c1ccc2nc(Cl)nc(N(Cc3cccc(Cl)c3)C3CC3)c2c1. The molecule has 2 heterocycles. The highest BCUT2D eigenvalue weighted by atomic mass is 35.5. The minimum atomic E-state index is 0.249. The Hall–Kier alpha value is -2.63. The van der Waals surface area contributed by atoms with Gasteiger partial charge in [0.15, 0.2) is 0 Å². The Kier molecular flexibility index (Phi) is 4.88. The van der Waals surface area contributed by atoms with E-state index >= 15 is 0 Å². The van der Waals surface area contributed by atoms with Crippen molar-refractivity contribution in [2.24, 2.45) is 0 Å². The van der Waals surface area contributed by atoms with Gasteiger partial charge in [-0.1, -0.05) is 35.0 Å². The van der Waals surface area contributed by atoms with E-state index in [4.69, 9.17) is 27.7 Å². The summed E-state index contributed by atoms with van der Waals surface area (Å²) in [6.45, 7) is 4.59. The molecule has 4 aromatic rings. The first-order valence-corrected chi connectivity index (χ1v) is 10.7. The van der Waals surface area contributed by atoms with E-state index in [1.54, 1.807) is 0 Å². The van der Waals surface area contributed by atoms with Crippen LogP contribution in [0.25, 0.3) is 22.0 Å². The maximum Gasteiger partial charge on any atom is 0.224 e. The Morgan fingerprint density at radius 1 is 1.07 bits per heavy atom. The summed E-state index contributed by atoms with van der Waals surface area (Å²) in [6, 6.07) is 14.5. The van der Waals surface area contributed by atoms with Gasteiger partial charge in [-0.05, 0) is 73.7 Å². The van der Waals surface area contributed by atoms with Gasteiger partial charge in [0.05, 0.1) is 11.2 Å². The van der Waals surface area contributed by atoms with E-state index in [2.05, 4.69) is 32.2 Å². The van der Waals surface area contributed by atoms with Gasteiger partial charge in [-0.25, -0.2) is 4.98 Å². The zero-order valence-corrected chi connectivity index (χ0v) is 18.2. The molecule has 1 fully saturated rings. The number of rotatable bonds is 5. The van der Waals surface area contributed by atoms with Gasteiger partial charge in [-0.2, -0.15) is 4.98 Å². The lowest BCUT2D eigenvalue weighted by Crippen LogP contribution is -2.26. The predicted molar refractivity (Wildman–Crippen MR) is 120 cm³/mol. The number of halogens is 2. The van der Waals surface area contributed by atoms with Gasteiger partial charge in [0.1, 0.15) is 11.6 Å². The maximum absolute atomic E-state index is 6.32. The fourth-order valence-corrected chi connectivity index (χ4v) is 4.33. The molecule has 0 bridgehead atoms. The Bertz CT molecular complexity index is 1230. The van der Waals surface area contributed by atoms with Crippen LogP contribution in [0.3, 0.4) is 0 Å². The average molecular weight is 439 g/mol. The van der Waals surface area contributed by atoms with E-state index in [1.807, 2.05) is 44.2 Å². The molecule has 0 N–H and O–H groups in total. The second kappa shape index (κ2) is 7.56. The second-order valence-electron chi connectivity index (χ2n) is 7.74. The third-order valence-corrected chi connectivity index (χ3v) is 5.88. The third-order valence-electron chi connectivity index (χ3n) is 5.47. The van der Waals surface area contributed by atoms with Gasteiger partial charge in [-0.15, -0.1) is 0 Å². The summed E-state index contributed by atoms with van der Waals surface area (Å²) in [4.78, 5) is 11.4. The molecule has 0 unspecified atom stereocenters. The number of benzene rings is 2. The molecule has 0 radical (unpaired) electrons. The number of aryl methyl sites for hydroxylation is 2. The van der Waals surface area contributed by atoms with Crippen LogP contribution in [0, 0.1) is 13.8 Å². The number of hydrogen-bond donors (Lipinski definition) is 0. The molecule has 7 heteroatoms. The Morgan fingerprint density at radius 3 is 2.60 bits per heavy atom. The number of aromatic nitrogens is 3. The van der Waals surface area contributed by atoms with Gasteiger partial charge in [-0.3, -0.25) is 0 Å². The molecule has 2 aromatic carbocycles. The van der Waals surface area contributed by atoms with E-state index < -0.39 is 0 Å². The fourth-order valence-electron chi connectivity index (χ4n) is 3.95. The number of fused-ring (bicyclic) bond motifs is 1. The average Bonchev–Trinajstić information content (AvgIpc) is 3.50. The van der Waals surface area contributed by atoms with Gasteiger partial charge >= 0.3 is 0 Å². The third kappa shape index (κ3) is 3.64. The van der Waals surface area contributed by atoms with Crippen molar-refractivity contribution in [1.82, 2.24) is 15.1 Å². The zero-order chi connectivity index (χ0) is 20.8. The summed E-state index contributed by atoms with van der Waals surface area (Å²) in [5.41, 5.74) is 4.85. The van der Waals surface area contributed by atoms with Crippen molar-refractivity contribution in [3.63, 3.8) is 0 Å². The van der Waals surface area contributed by atoms with Crippen LogP contribution in [0.1, 0.15) is 29.9 Å². The van der Waals surface area contributed by atoms with Crippen LogP contribution >= 0.6 is 23.2 Å². The Balaban J connectivity index is 1.65. The van der Waals surface area contributed by atoms with Crippen LogP contribution in [0.5, 0.6) is 0 Å². The molecule has 0 atom stereocenters. The van der Waals surface area contributed by atoms with Crippen molar-refractivity contribution in [1.29, 1.82) is 0 Å². The number of hydrogen-bond acceptors (Lipinski definition) is 5. The van der Waals surface area contributed by atoms with Crippen molar-refractivity contribution in [3.8, 4) is 11.1 Å². The highest BCUT2D eigenvalue weighted by Gasteiger charge is 2.31. The molecule has 5 rings (SSSR count). The first-order valence-electron chi connectivity index (χ1n) is 9.91. The molecule has 5 nitrogen and oxygen atoms in total. The smallest absolute Gasteiger partial charge is 0.224 e. The zero-order valence-electron chi connectivity index (χ0n) is 16.7. The molecule has 0 amide bonds. The normalized spacial score (nSPS) is 13.7. The lowest BCUT2D eigenvalue weighted by atomic mass is 10.0. The van der Waals surface area contributed by atoms with E-state index in [0.29, 0.717) is 12.6 Å². The summed E-state index contributed by atoms with van der Waals surface area (Å²) < 4.78 is 5.37. The first-order chi connectivity index (χ1) is 14.5. The highest BCUT2D eigenvalue weighted by molar-refractivity contribution is 6.30. The van der Waals surface area contributed by atoms with Crippen LogP contribution in [-0.4, -0.2) is 21.2 Å². The number of nitrogens with zero attached hydrogens (tertiary/aromatic N) is 4. The maximum atomic E-state index is 6.32. The van der Waals surface area contributed by atoms with Crippen LogP contribution < -0.4 is 4.90 Å². The lowest BCUT2D eigenvalue weighted by Gasteiger charge is -2.25.